The fraction of sp³-hybridized carbons (Fsp3) is 0.500. The van der Waals surface area contributed by atoms with Gasteiger partial charge in [0.05, 0.1) is 0 Å². The molecule has 0 saturated carbocycles. The van der Waals surface area contributed by atoms with Gasteiger partial charge >= 0.3 is 0 Å². The zero-order valence-corrected chi connectivity index (χ0v) is 18.1. The summed E-state index contributed by atoms with van der Waals surface area (Å²) in [5.41, 5.74) is 5.52. The molecule has 0 aliphatic heterocycles. The lowest BCUT2D eigenvalue weighted by Crippen LogP contribution is -2.36. The predicted octanol–water partition coefficient (Wildman–Crippen LogP) is 5.05. The Kier molecular flexibility index (Phi) is 7.25. The van der Waals surface area contributed by atoms with Crippen LogP contribution in [0.25, 0.3) is 0 Å². The zero-order valence-electron chi connectivity index (χ0n) is 13.4. The van der Waals surface area contributed by atoms with E-state index in [0.29, 0.717) is 0 Å². The van der Waals surface area contributed by atoms with Gasteiger partial charge in [-0.25, -0.2) is 0 Å². The van der Waals surface area contributed by atoms with Crippen molar-refractivity contribution in [3.05, 3.63) is 36.8 Å². The molecule has 0 fully saturated rings. The fourth-order valence-electron chi connectivity index (χ4n) is 1.03. The van der Waals surface area contributed by atoms with Crippen molar-refractivity contribution in [1.82, 2.24) is 0 Å². The van der Waals surface area contributed by atoms with Gasteiger partial charge in [-0.2, -0.15) is 0 Å². The van der Waals surface area contributed by atoms with Gasteiger partial charge in [-0.3, -0.25) is 0 Å². The summed E-state index contributed by atoms with van der Waals surface area (Å²) in [7, 11) is -6.31. The molecule has 0 rings (SSSR count). The van der Waals surface area contributed by atoms with Crippen LogP contribution in [0.2, 0.25) is 39.3 Å². The Morgan fingerprint density at radius 3 is 1.05 bits per heavy atom. The summed E-state index contributed by atoms with van der Waals surface area (Å²) in [6.45, 7) is 20.8. The molecule has 0 heterocycles. The molecule has 3 nitrogen and oxygen atoms in total. The van der Waals surface area contributed by atoms with Crippen LogP contribution < -0.4 is 0 Å². The SMILES string of the molecule is C=C[Si](C)(C)OP(=S)(O[Si](C)(C)C=C)O[Si](C)(C)C=C. The summed E-state index contributed by atoms with van der Waals surface area (Å²) >= 11 is 5.65. The van der Waals surface area contributed by atoms with Crippen LogP contribution in [0.4, 0.5) is 0 Å². The lowest BCUT2D eigenvalue weighted by atomic mass is 11.3. The summed E-state index contributed by atoms with van der Waals surface area (Å²) in [6.07, 6.45) is 0. The second kappa shape index (κ2) is 7.11. The van der Waals surface area contributed by atoms with Gasteiger partial charge in [0.1, 0.15) is 0 Å². The highest BCUT2D eigenvalue weighted by Gasteiger charge is 2.39. The van der Waals surface area contributed by atoms with E-state index in [1.165, 1.54) is 0 Å². The van der Waals surface area contributed by atoms with Gasteiger partial charge < -0.3 is 12.6 Å². The summed E-state index contributed by atoms with van der Waals surface area (Å²) in [5.74, 6) is 0. The van der Waals surface area contributed by atoms with Crippen LogP contribution in [0.3, 0.4) is 0 Å². The van der Waals surface area contributed by atoms with Crippen molar-refractivity contribution in [2.24, 2.45) is 0 Å². The Balaban J connectivity index is 5.45. The topological polar surface area (TPSA) is 27.7 Å². The van der Waals surface area contributed by atoms with Gasteiger partial charge in [0.2, 0.25) is 25.0 Å². The third-order valence-electron chi connectivity index (χ3n) is 2.52. The van der Waals surface area contributed by atoms with E-state index in [1.54, 1.807) is 0 Å². The third-order valence-corrected chi connectivity index (χ3v) is 15.8. The molecule has 116 valence electrons. The van der Waals surface area contributed by atoms with Crippen molar-refractivity contribution >= 4 is 43.5 Å². The van der Waals surface area contributed by atoms with Crippen molar-refractivity contribution in [2.75, 3.05) is 0 Å². The van der Waals surface area contributed by atoms with Gasteiger partial charge in [-0.05, 0) is 51.1 Å². The van der Waals surface area contributed by atoms with E-state index in [2.05, 4.69) is 19.7 Å². The molecule has 0 bridgehead atoms. The van der Waals surface area contributed by atoms with Gasteiger partial charge in [0.25, 0.3) is 6.72 Å². The van der Waals surface area contributed by atoms with Crippen molar-refractivity contribution in [1.29, 1.82) is 0 Å². The van der Waals surface area contributed by atoms with Crippen molar-refractivity contribution in [2.45, 2.75) is 39.3 Å². The zero-order chi connectivity index (χ0) is 16.2. The van der Waals surface area contributed by atoms with E-state index >= 15 is 0 Å². The minimum absolute atomic E-state index is 1.84. The molecule has 8 heteroatoms. The third kappa shape index (κ3) is 7.42. The molecule has 0 aromatic rings. The second-order valence-electron chi connectivity index (χ2n) is 6.14. The maximum Gasteiger partial charge on any atom is 0.297 e. The Morgan fingerprint density at radius 1 is 0.700 bits per heavy atom. The first-order valence-corrected chi connectivity index (χ1v) is 17.9. The predicted molar refractivity (Wildman–Crippen MR) is 101 cm³/mol. The van der Waals surface area contributed by atoms with Gasteiger partial charge in [-0.1, -0.05) is 17.1 Å². The highest BCUT2D eigenvalue weighted by Crippen LogP contribution is 2.56. The molecular formula is C12H27O3PSSi3. The normalized spacial score (nSPS) is 13.9. The molecule has 0 aliphatic carbocycles. The maximum atomic E-state index is 6.13. The van der Waals surface area contributed by atoms with E-state index in [9.17, 15) is 0 Å². The van der Waals surface area contributed by atoms with Crippen LogP contribution in [-0.4, -0.2) is 25.0 Å². The summed E-state index contributed by atoms with van der Waals surface area (Å²) in [5, 5.41) is 0. The average Bonchev–Trinajstić information content (AvgIpc) is 2.26. The van der Waals surface area contributed by atoms with Crippen molar-refractivity contribution in [3.63, 3.8) is 0 Å². The summed E-state index contributed by atoms with van der Waals surface area (Å²) in [4.78, 5) is 0. The van der Waals surface area contributed by atoms with Crippen molar-refractivity contribution in [3.8, 4) is 0 Å². The molecule has 0 N–H and O–H groups in total. The first kappa shape index (κ1) is 20.4. The van der Waals surface area contributed by atoms with Crippen molar-refractivity contribution < 1.29 is 12.6 Å². The molecule has 0 atom stereocenters. The lowest BCUT2D eigenvalue weighted by Gasteiger charge is -2.37. The molecule has 20 heavy (non-hydrogen) atoms. The van der Waals surface area contributed by atoms with E-state index in [-0.39, 0.29) is 0 Å². The van der Waals surface area contributed by atoms with Crippen LogP contribution in [0, 0.1) is 0 Å². The maximum absolute atomic E-state index is 6.13. The summed E-state index contributed by atoms with van der Waals surface area (Å²) < 4.78 is 18.4. The van der Waals surface area contributed by atoms with Crippen LogP contribution in [0.1, 0.15) is 0 Å². The average molecular weight is 367 g/mol. The molecule has 0 aliphatic rings. The number of rotatable bonds is 9. The highest BCUT2D eigenvalue weighted by molar-refractivity contribution is 8.08. The first-order valence-electron chi connectivity index (χ1n) is 6.43. The van der Waals surface area contributed by atoms with Crippen LogP contribution in [0.15, 0.2) is 36.8 Å². The molecule has 0 aromatic carbocycles. The van der Waals surface area contributed by atoms with Gasteiger partial charge in [0, 0.05) is 0 Å². The van der Waals surface area contributed by atoms with Gasteiger partial charge in [0.15, 0.2) is 0 Å². The Labute approximate surface area is 132 Å². The molecule has 0 radical (unpaired) electrons. The molecule has 0 unspecified atom stereocenters. The quantitative estimate of drug-likeness (QED) is 0.421. The highest BCUT2D eigenvalue weighted by atomic mass is 32.5. The Hall–Kier alpha value is 0.401. The van der Waals surface area contributed by atoms with Crippen LogP contribution >= 0.6 is 6.72 Å². The minimum atomic E-state index is -2.83. The van der Waals surface area contributed by atoms with E-state index in [0.717, 1.165) is 0 Å². The molecular weight excluding hydrogens is 339 g/mol. The fourth-order valence-corrected chi connectivity index (χ4v) is 15.5. The standard InChI is InChI=1S/C12H27O3PSSi3/c1-10-18(4,5)13-16(17,14-19(6,7)11-2)15-20(8,9)12-3/h10-12H,1-3H2,4-9H3. The monoisotopic (exact) mass is 366 g/mol. The van der Waals surface area contributed by atoms with Crippen LogP contribution in [-0.2, 0) is 24.4 Å². The first-order chi connectivity index (χ1) is 8.80. The largest absolute Gasteiger partial charge is 0.348 e. The van der Waals surface area contributed by atoms with E-state index < -0.39 is 31.7 Å². The lowest BCUT2D eigenvalue weighted by molar-refractivity contribution is 0.384. The summed E-state index contributed by atoms with van der Waals surface area (Å²) in [6, 6.07) is 0. The van der Waals surface area contributed by atoms with E-state index in [1.807, 2.05) is 56.4 Å². The number of hydrogen-bond acceptors (Lipinski definition) is 4. The number of hydrogen-bond donors (Lipinski definition) is 0. The molecule has 0 spiro atoms. The molecule has 0 aromatic heterocycles. The Morgan fingerprint density at radius 2 is 0.900 bits per heavy atom. The van der Waals surface area contributed by atoms with Crippen LogP contribution in [0.5, 0.6) is 0 Å². The Bertz CT molecular complexity index is 374. The second-order valence-corrected chi connectivity index (χ2v) is 21.4. The molecule has 0 saturated heterocycles. The molecule has 0 amide bonds. The minimum Gasteiger partial charge on any atom is -0.348 e. The van der Waals surface area contributed by atoms with Gasteiger partial charge in [-0.15, -0.1) is 19.7 Å². The van der Waals surface area contributed by atoms with E-state index in [4.69, 9.17) is 24.4 Å². The smallest absolute Gasteiger partial charge is 0.297 e.